The number of ether oxygens (including phenoxy) is 1. The van der Waals surface area contributed by atoms with Crippen LogP contribution in [0.4, 0.5) is 18.9 Å². The van der Waals surface area contributed by atoms with E-state index in [4.69, 9.17) is 4.74 Å². The molecule has 1 fully saturated rings. The number of anilines is 1. The van der Waals surface area contributed by atoms with Crippen molar-refractivity contribution >= 4 is 35.2 Å². The second-order valence-electron chi connectivity index (χ2n) is 5.13. The van der Waals surface area contributed by atoms with Gasteiger partial charge in [0.05, 0.1) is 29.0 Å². The van der Waals surface area contributed by atoms with E-state index in [0.29, 0.717) is 0 Å². The smallest absolute Gasteiger partial charge is 0.416 e. The van der Waals surface area contributed by atoms with E-state index in [1.807, 2.05) is 0 Å². The summed E-state index contributed by atoms with van der Waals surface area (Å²) in [5.74, 6) is -1.50. The maximum Gasteiger partial charge on any atom is 0.416 e. The molecule has 6 nitrogen and oxygen atoms in total. The molecule has 2 rings (SSSR count). The summed E-state index contributed by atoms with van der Waals surface area (Å²) in [5, 5.41) is 2.70. The Labute approximate surface area is 151 Å². The maximum absolute atomic E-state index is 12.5. The van der Waals surface area contributed by atoms with Crippen LogP contribution in [0.1, 0.15) is 12.5 Å². The van der Waals surface area contributed by atoms with Gasteiger partial charge in [0.25, 0.3) is 0 Å². The third-order valence-corrected chi connectivity index (χ3v) is 4.26. The number of hydrogen-bond acceptors (Lipinski definition) is 5. The monoisotopic (exact) mass is 388 g/mol. The molecular weight excluding hydrogens is 373 g/mol. The van der Waals surface area contributed by atoms with Crippen LogP contribution in [-0.4, -0.2) is 41.6 Å². The summed E-state index contributed by atoms with van der Waals surface area (Å²) in [6.45, 7) is 1.45. The van der Waals surface area contributed by atoms with Gasteiger partial charge >= 0.3 is 12.1 Å². The van der Waals surface area contributed by atoms with Gasteiger partial charge in [0.15, 0.2) is 0 Å². The van der Waals surface area contributed by atoms with E-state index >= 15 is 0 Å². The van der Waals surface area contributed by atoms with Crippen molar-refractivity contribution in [1.29, 1.82) is 0 Å². The van der Waals surface area contributed by atoms with Crippen molar-refractivity contribution in [3.05, 3.63) is 40.9 Å². The molecule has 0 aliphatic carbocycles. The lowest BCUT2D eigenvalue weighted by molar-refractivity contribution is -0.138. The van der Waals surface area contributed by atoms with E-state index in [0.717, 1.165) is 47.0 Å². The number of halogens is 3. The molecule has 0 spiro atoms. The van der Waals surface area contributed by atoms with Crippen LogP contribution in [-0.2, 0) is 25.3 Å². The lowest BCUT2D eigenvalue weighted by Gasteiger charge is -2.16. The quantitative estimate of drug-likeness (QED) is 0.620. The molecule has 26 heavy (non-hydrogen) atoms. The molecule has 1 aromatic rings. The van der Waals surface area contributed by atoms with E-state index in [1.165, 1.54) is 0 Å². The summed E-state index contributed by atoms with van der Waals surface area (Å²) < 4.78 is 42.3. The number of carbonyl (C=O) groups excluding carboxylic acids is 3. The van der Waals surface area contributed by atoms with E-state index in [-0.39, 0.29) is 35.5 Å². The Kier molecular flexibility index (Phi) is 6.30. The molecule has 10 heteroatoms. The van der Waals surface area contributed by atoms with Crippen LogP contribution in [0, 0.1) is 0 Å². The topological polar surface area (TPSA) is 75.7 Å². The van der Waals surface area contributed by atoms with Crippen LogP contribution in [0.3, 0.4) is 0 Å². The number of nitrogens with zero attached hydrogens (tertiary/aromatic N) is 1. The van der Waals surface area contributed by atoms with Crippen molar-refractivity contribution in [3.63, 3.8) is 0 Å². The predicted octanol–water partition coefficient (Wildman–Crippen LogP) is 2.62. The predicted molar refractivity (Wildman–Crippen MR) is 89.0 cm³/mol. The number of nitrogens with one attached hydrogen (secondary N) is 1. The zero-order valence-electron chi connectivity index (χ0n) is 13.6. The van der Waals surface area contributed by atoms with Crippen LogP contribution >= 0.6 is 11.8 Å². The Morgan fingerprint density at radius 3 is 2.54 bits per heavy atom. The minimum Gasteiger partial charge on any atom is -0.463 e. The first-order chi connectivity index (χ1) is 12.2. The third-order valence-electron chi connectivity index (χ3n) is 3.24. The van der Waals surface area contributed by atoms with E-state index in [2.05, 4.69) is 5.32 Å². The van der Waals surface area contributed by atoms with Gasteiger partial charge in [-0.2, -0.15) is 13.2 Å². The van der Waals surface area contributed by atoms with Gasteiger partial charge in [-0.15, -0.1) is 0 Å². The van der Waals surface area contributed by atoms with Crippen molar-refractivity contribution in [2.24, 2.45) is 0 Å². The third kappa shape index (κ3) is 5.25. The first-order valence-electron chi connectivity index (χ1n) is 7.49. The first-order valence-corrected chi connectivity index (χ1v) is 8.48. The number of rotatable bonds is 5. The molecule has 140 valence electrons. The minimum absolute atomic E-state index is 0.0821. The molecule has 1 aromatic carbocycles. The lowest BCUT2D eigenvalue weighted by atomic mass is 10.2. The van der Waals surface area contributed by atoms with Gasteiger partial charge in [-0.3, -0.25) is 14.5 Å². The number of alkyl halides is 3. The largest absolute Gasteiger partial charge is 0.463 e. The number of amides is 2. The second-order valence-corrected chi connectivity index (χ2v) is 6.12. The zero-order chi connectivity index (χ0) is 19.3. The summed E-state index contributed by atoms with van der Waals surface area (Å²) in [7, 11) is 0. The number of carbonyl (C=O) groups is 3. The van der Waals surface area contributed by atoms with Crippen molar-refractivity contribution in [2.75, 3.05) is 24.2 Å². The lowest BCUT2D eigenvalue weighted by Crippen LogP contribution is -2.34. The maximum atomic E-state index is 12.5. The second kappa shape index (κ2) is 8.26. The summed E-state index contributed by atoms with van der Waals surface area (Å²) in [4.78, 5) is 36.6. The molecule has 0 unspecified atom stereocenters. The summed E-state index contributed by atoms with van der Waals surface area (Å²) in [6, 6.07) is 3.93. The van der Waals surface area contributed by atoms with Gasteiger partial charge < -0.3 is 10.1 Å². The average Bonchev–Trinajstić information content (AvgIpc) is 2.88. The van der Waals surface area contributed by atoms with Crippen molar-refractivity contribution in [3.8, 4) is 0 Å². The molecule has 0 aromatic heterocycles. The van der Waals surface area contributed by atoms with Crippen LogP contribution in [0.15, 0.2) is 35.4 Å². The van der Waals surface area contributed by atoms with Gasteiger partial charge in [0.1, 0.15) is 6.54 Å². The average molecular weight is 388 g/mol. The number of hydrogen-bond donors (Lipinski definition) is 1. The number of thioether (sulfide) groups is 1. The molecule has 1 heterocycles. The Balaban J connectivity index is 2.01. The van der Waals surface area contributed by atoms with Gasteiger partial charge in [0, 0.05) is 5.69 Å². The summed E-state index contributed by atoms with van der Waals surface area (Å²) in [5.41, 5.74) is -0.667. The molecule has 1 aliphatic heterocycles. The van der Waals surface area contributed by atoms with Gasteiger partial charge in [-0.05, 0) is 31.2 Å². The molecule has 0 radical (unpaired) electrons. The van der Waals surface area contributed by atoms with E-state index in [9.17, 15) is 27.6 Å². The molecule has 1 N–H and O–H groups in total. The molecule has 0 atom stereocenters. The summed E-state index contributed by atoms with van der Waals surface area (Å²) in [6.07, 6.45) is -3.33. The van der Waals surface area contributed by atoms with Crippen LogP contribution in [0.25, 0.3) is 0 Å². The van der Waals surface area contributed by atoms with Crippen LogP contribution in [0.5, 0.6) is 0 Å². The summed E-state index contributed by atoms with van der Waals surface area (Å²) >= 11 is 1.10. The minimum atomic E-state index is -4.46. The highest BCUT2D eigenvalue weighted by atomic mass is 32.2. The van der Waals surface area contributed by atoms with E-state index < -0.39 is 23.6 Å². The van der Waals surface area contributed by atoms with Crippen LogP contribution in [0.2, 0.25) is 0 Å². The molecule has 0 saturated carbocycles. The molecule has 1 aliphatic rings. The molecular formula is C16H15F3N2O4S. The van der Waals surface area contributed by atoms with Gasteiger partial charge in [-0.25, -0.2) is 4.79 Å². The Hall–Kier alpha value is -2.49. The van der Waals surface area contributed by atoms with Crippen molar-refractivity contribution in [1.82, 2.24) is 4.90 Å². The van der Waals surface area contributed by atoms with Crippen molar-refractivity contribution in [2.45, 2.75) is 13.1 Å². The SMILES string of the molecule is CCOC(=O)/C=C1\SCC(=O)N1CC(=O)Nc1ccc(C(F)(F)F)cc1. The highest BCUT2D eigenvalue weighted by molar-refractivity contribution is 8.04. The van der Waals surface area contributed by atoms with Crippen LogP contribution < -0.4 is 5.32 Å². The Morgan fingerprint density at radius 2 is 1.96 bits per heavy atom. The van der Waals surface area contributed by atoms with Crippen molar-refractivity contribution < 1.29 is 32.3 Å². The number of benzene rings is 1. The standard InChI is InChI=1S/C16H15F3N2O4S/c1-2-25-15(24)7-14-21(13(23)9-26-14)8-12(22)20-11-5-3-10(4-6-11)16(17,18)19/h3-7H,2,8-9H2,1H3,(H,20,22)/b14-7-. The molecule has 0 bridgehead atoms. The van der Waals surface area contributed by atoms with E-state index in [1.54, 1.807) is 6.92 Å². The highest BCUT2D eigenvalue weighted by Crippen LogP contribution is 2.30. The normalized spacial score (nSPS) is 16.1. The molecule has 2 amide bonds. The Morgan fingerprint density at radius 1 is 1.31 bits per heavy atom. The first kappa shape index (κ1) is 19.8. The fourth-order valence-electron chi connectivity index (χ4n) is 2.07. The Bertz CT molecular complexity index is 732. The fraction of sp³-hybridized carbons (Fsp3) is 0.312. The number of esters is 1. The van der Waals surface area contributed by atoms with Gasteiger partial charge in [0.2, 0.25) is 11.8 Å². The van der Waals surface area contributed by atoms with Gasteiger partial charge in [-0.1, -0.05) is 11.8 Å². The highest BCUT2D eigenvalue weighted by Gasteiger charge is 2.31. The fourth-order valence-corrected chi connectivity index (χ4v) is 3.00. The molecule has 1 saturated heterocycles. The zero-order valence-corrected chi connectivity index (χ0v) is 14.4.